The van der Waals surface area contributed by atoms with Crippen LogP contribution in [0.25, 0.3) is 6.08 Å². The largest absolute Gasteiger partial charge is 0.334 e. The van der Waals surface area contributed by atoms with E-state index in [4.69, 9.17) is 5.84 Å². The second-order valence-corrected chi connectivity index (χ2v) is 6.85. The van der Waals surface area contributed by atoms with Crippen LogP contribution in [0.5, 0.6) is 0 Å². The van der Waals surface area contributed by atoms with Crippen molar-refractivity contribution < 1.29 is 4.79 Å². The maximum atomic E-state index is 11.9. The number of hydrazone groups is 1. The topological polar surface area (TPSA) is 123 Å². The molecule has 1 aromatic carbocycles. The number of carbonyl (C=O) groups is 1. The van der Waals surface area contributed by atoms with Crippen LogP contribution in [0.2, 0.25) is 0 Å². The number of anilines is 2. The highest BCUT2D eigenvalue weighted by Gasteiger charge is 2.12. The highest BCUT2D eigenvalue weighted by atomic mass is 32.2. The van der Waals surface area contributed by atoms with Crippen LogP contribution in [0, 0.1) is 0 Å². The number of allylic oxidation sites excluding steroid dienone is 1. The predicted octanol–water partition coefficient (Wildman–Crippen LogP) is 2.29. The summed E-state index contributed by atoms with van der Waals surface area (Å²) in [6.07, 6.45) is 6.91. The monoisotopic (exact) mass is 400 g/mol. The Kier molecular flexibility index (Phi) is 6.55. The molecule has 0 saturated heterocycles. The molecule has 0 saturated carbocycles. The molecule has 3 aromatic rings. The normalized spacial score (nSPS) is 11.3. The highest BCUT2D eigenvalue weighted by molar-refractivity contribution is 7.99. The zero-order valence-electron chi connectivity index (χ0n) is 14.0. The third-order valence-electron chi connectivity index (χ3n) is 3.09. The standard InChI is InChI=1S/C16H16N8OS2/c17-24-14(21-19-8-4-7-12-5-2-1-3-6-12)22-23-16(24)27-11-13(25)20-15-18-9-10-26-15/h1-10H,11,17H2,(H,21,22)(H,18,20,25)/b7-4+,19-8+. The fourth-order valence-electron chi connectivity index (χ4n) is 1.88. The minimum Gasteiger partial charge on any atom is -0.334 e. The lowest BCUT2D eigenvalue weighted by Crippen LogP contribution is -2.16. The van der Waals surface area contributed by atoms with Crippen molar-refractivity contribution in [1.29, 1.82) is 0 Å². The van der Waals surface area contributed by atoms with Crippen molar-refractivity contribution in [2.24, 2.45) is 5.10 Å². The van der Waals surface area contributed by atoms with Gasteiger partial charge in [-0.15, -0.1) is 21.5 Å². The maximum absolute atomic E-state index is 11.9. The van der Waals surface area contributed by atoms with Crippen molar-refractivity contribution in [3.63, 3.8) is 0 Å². The van der Waals surface area contributed by atoms with Gasteiger partial charge in [0.25, 0.3) is 5.95 Å². The number of amides is 1. The summed E-state index contributed by atoms with van der Waals surface area (Å²) in [4.78, 5) is 15.8. The molecule has 0 aliphatic rings. The zero-order chi connectivity index (χ0) is 18.9. The van der Waals surface area contributed by atoms with Crippen LogP contribution >= 0.6 is 23.1 Å². The lowest BCUT2D eigenvalue weighted by molar-refractivity contribution is -0.113. The quantitative estimate of drug-likeness (QED) is 0.229. The number of hydrogen-bond donors (Lipinski definition) is 3. The van der Waals surface area contributed by atoms with Crippen LogP contribution in [0.3, 0.4) is 0 Å². The van der Waals surface area contributed by atoms with E-state index in [-0.39, 0.29) is 17.6 Å². The van der Waals surface area contributed by atoms with Crippen LogP contribution in [-0.4, -0.2) is 37.7 Å². The summed E-state index contributed by atoms with van der Waals surface area (Å²) in [6, 6.07) is 9.86. The molecule has 0 radical (unpaired) electrons. The van der Waals surface area contributed by atoms with E-state index < -0.39 is 0 Å². The van der Waals surface area contributed by atoms with E-state index in [1.807, 2.05) is 36.4 Å². The minimum absolute atomic E-state index is 0.137. The lowest BCUT2D eigenvalue weighted by atomic mass is 10.2. The summed E-state index contributed by atoms with van der Waals surface area (Å²) < 4.78 is 1.24. The van der Waals surface area contributed by atoms with E-state index in [0.717, 1.165) is 17.3 Å². The third kappa shape index (κ3) is 5.66. The lowest BCUT2D eigenvalue weighted by Gasteiger charge is -2.02. The van der Waals surface area contributed by atoms with E-state index in [1.165, 1.54) is 16.0 Å². The van der Waals surface area contributed by atoms with E-state index >= 15 is 0 Å². The number of nitrogens with zero attached hydrogens (tertiary/aromatic N) is 5. The van der Waals surface area contributed by atoms with Gasteiger partial charge in [0.15, 0.2) is 5.13 Å². The first-order valence-electron chi connectivity index (χ1n) is 7.76. The Bertz CT molecular complexity index is 921. The average Bonchev–Trinajstić information content (AvgIpc) is 3.31. The minimum atomic E-state index is -0.198. The van der Waals surface area contributed by atoms with Gasteiger partial charge in [0.05, 0.1) is 5.75 Å². The van der Waals surface area contributed by atoms with Crippen molar-refractivity contribution in [3.8, 4) is 0 Å². The van der Waals surface area contributed by atoms with Crippen molar-refractivity contribution >= 4 is 52.4 Å². The molecule has 27 heavy (non-hydrogen) atoms. The Hall–Kier alpha value is -3.18. The molecule has 3 rings (SSSR count). The Labute approximate surface area is 163 Å². The maximum Gasteiger partial charge on any atom is 0.264 e. The molecule has 0 spiro atoms. The van der Waals surface area contributed by atoms with E-state index in [0.29, 0.717) is 10.3 Å². The van der Waals surface area contributed by atoms with Gasteiger partial charge in [-0.25, -0.2) is 15.1 Å². The number of carbonyl (C=O) groups excluding carboxylic acids is 1. The molecule has 0 aliphatic heterocycles. The van der Waals surface area contributed by atoms with E-state index in [2.05, 4.69) is 31.0 Å². The third-order valence-corrected chi connectivity index (χ3v) is 4.72. The molecule has 0 atom stereocenters. The Morgan fingerprint density at radius 2 is 2.19 bits per heavy atom. The molecule has 4 N–H and O–H groups in total. The van der Waals surface area contributed by atoms with Gasteiger partial charge in [0.2, 0.25) is 11.1 Å². The summed E-state index contributed by atoms with van der Waals surface area (Å²) in [5, 5.41) is 17.3. The number of thiazole rings is 1. The molecular formula is C16H16N8OS2. The molecule has 0 aliphatic carbocycles. The number of benzene rings is 1. The summed E-state index contributed by atoms with van der Waals surface area (Å²) in [6.45, 7) is 0. The first kappa shape index (κ1) is 18.6. The number of rotatable bonds is 8. The highest BCUT2D eigenvalue weighted by Crippen LogP contribution is 2.17. The Balaban J connectivity index is 1.47. The molecule has 2 aromatic heterocycles. The average molecular weight is 400 g/mol. The SMILES string of the molecule is Nn1c(N/N=C/C=C/c2ccccc2)nnc1SCC(=O)Nc1nccs1. The van der Waals surface area contributed by atoms with Gasteiger partial charge < -0.3 is 11.2 Å². The second kappa shape index (κ2) is 9.50. The summed E-state index contributed by atoms with van der Waals surface area (Å²) in [5.74, 6) is 6.11. The first-order chi connectivity index (χ1) is 13.2. The summed E-state index contributed by atoms with van der Waals surface area (Å²) in [7, 11) is 0. The Morgan fingerprint density at radius 3 is 2.96 bits per heavy atom. The van der Waals surface area contributed by atoms with Crippen LogP contribution in [0.4, 0.5) is 11.1 Å². The van der Waals surface area contributed by atoms with Gasteiger partial charge in [-0.05, 0) is 11.6 Å². The van der Waals surface area contributed by atoms with Gasteiger partial charge >= 0.3 is 0 Å². The van der Waals surface area contributed by atoms with Crippen LogP contribution in [0.1, 0.15) is 5.56 Å². The smallest absolute Gasteiger partial charge is 0.264 e. The van der Waals surface area contributed by atoms with Crippen molar-refractivity contribution in [3.05, 3.63) is 53.5 Å². The Morgan fingerprint density at radius 1 is 1.33 bits per heavy atom. The number of thioether (sulfide) groups is 1. The van der Waals surface area contributed by atoms with Crippen molar-refractivity contribution in [2.45, 2.75) is 5.16 Å². The van der Waals surface area contributed by atoms with Crippen molar-refractivity contribution in [1.82, 2.24) is 19.9 Å². The predicted molar refractivity (Wildman–Crippen MR) is 109 cm³/mol. The van der Waals surface area contributed by atoms with Crippen LogP contribution < -0.4 is 16.6 Å². The van der Waals surface area contributed by atoms with Crippen molar-refractivity contribution in [2.75, 3.05) is 22.3 Å². The molecular weight excluding hydrogens is 384 g/mol. The summed E-state index contributed by atoms with van der Waals surface area (Å²) in [5.41, 5.74) is 3.77. The molecule has 0 fully saturated rings. The van der Waals surface area contributed by atoms with Gasteiger partial charge in [0, 0.05) is 17.8 Å². The zero-order valence-corrected chi connectivity index (χ0v) is 15.7. The number of aromatic nitrogens is 4. The first-order valence-corrected chi connectivity index (χ1v) is 9.62. The fourth-order valence-corrected chi connectivity index (χ4v) is 3.08. The molecule has 0 unspecified atom stereocenters. The number of nitrogens with one attached hydrogen (secondary N) is 2. The second-order valence-electron chi connectivity index (χ2n) is 5.01. The van der Waals surface area contributed by atoms with Crippen LogP contribution in [0.15, 0.2) is 58.2 Å². The van der Waals surface area contributed by atoms with Gasteiger partial charge in [-0.2, -0.15) is 5.10 Å². The molecule has 9 nitrogen and oxygen atoms in total. The number of hydrogen-bond acceptors (Lipinski definition) is 9. The molecule has 2 heterocycles. The molecule has 11 heteroatoms. The van der Waals surface area contributed by atoms with Gasteiger partial charge in [0.1, 0.15) is 0 Å². The molecule has 1 amide bonds. The van der Waals surface area contributed by atoms with E-state index in [9.17, 15) is 4.79 Å². The van der Waals surface area contributed by atoms with Gasteiger partial charge in [-0.3, -0.25) is 4.79 Å². The van der Waals surface area contributed by atoms with E-state index in [1.54, 1.807) is 23.9 Å². The fraction of sp³-hybridized carbons (Fsp3) is 0.0625. The molecule has 0 bridgehead atoms. The molecule has 138 valence electrons. The van der Waals surface area contributed by atoms with Gasteiger partial charge in [-0.1, -0.05) is 48.2 Å². The number of nitrogen functional groups attached to an aromatic ring is 1. The summed E-state index contributed by atoms with van der Waals surface area (Å²) >= 11 is 2.51. The number of nitrogens with two attached hydrogens (primary N) is 1. The van der Waals surface area contributed by atoms with Crippen LogP contribution in [-0.2, 0) is 4.79 Å².